The van der Waals surface area contributed by atoms with Gasteiger partial charge in [-0.05, 0) is 74.4 Å². The van der Waals surface area contributed by atoms with E-state index in [0.29, 0.717) is 18.6 Å². The molecule has 0 saturated carbocycles. The lowest BCUT2D eigenvalue weighted by Gasteiger charge is -2.40. The Morgan fingerprint density at radius 1 is 0.882 bits per heavy atom. The quantitative estimate of drug-likeness (QED) is 0.368. The Kier molecular flexibility index (Phi) is 5.32. The van der Waals surface area contributed by atoms with Crippen LogP contribution in [-0.4, -0.2) is 16.6 Å². The Morgan fingerprint density at radius 2 is 1.56 bits per heavy atom. The van der Waals surface area contributed by atoms with Crippen LogP contribution in [0.3, 0.4) is 0 Å². The Balaban J connectivity index is 1.65. The van der Waals surface area contributed by atoms with Crippen LogP contribution in [0.4, 0.5) is 11.4 Å². The summed E-state index contributed by atoms with van der Waals surface area (Å²) in [7, 11) is 0. The third-order valence-corrected chi connectivity index (χ3v) is 7.20. The number of carbonyl (C=O) groups is 1. The first-order valence-electron chi connectivity index (χ1n) is 11.7. The van der Waals surface area contributed by atoms with Gasteiger partial charge in [0.2, 0.25) is 0 Å². The number of phenols is 1. The van der Waals surface area contributed by atoms with Gasteiger partial charge >= 0.3 is 0 Å². The van der Waals surface area contributed by atoms with Crippen molar-refractivity contribution in [2.75, 3.05) is 4.90 Å². The third-order valence-electron chi connectivity index (χ3n) is 7.20. The summed E-state index contributed by atoms with van der Waals surface area (Å²) >= 11 is 0. The van der Waals surface area contributed by atoms with Crippen LogP contribution in [-0.2, 0) is 11.2 Å². The predicted octanol–water partition coefficient (Wildman–Crippen LogP) is 6.92. The van der Waals surface area contributed by atoms with Crippen molar-refractivity contribution in [3.8, 4) is 11.5 Å². The molecular formula is C30H29NO3. The molecule has 0 bridgehead atoms. The molecule has 1 aliphatic heterocycles. The molecule has 0 spiro atoms. The lowest BCUT2D eigenvalue weighted by Crippen LogP contribution is -2.51. The zero-order valence-corrected chi connectivity index (χ0v) is 20.1. The van der Waals surface area contributed by atoms with E-state index in [1.807, 2.05) is 88.4 Å². The summed E-state index contributed by atoms with van der Waals surface area (Å²) in [6.07, 6.45) is 1.19. The number of ether oxygens (including phenoxy) is 1. The minimum absolute atomic E-state index is 0.108. The zero-order chi connectivity index (χ0) is 24.0. The lowest BCUT2D eigenvalue weighted by atomic mass is 9.86. The first-order chi connectivity index (χ1) is 16.3. The molecule has 5 rings (SSSR count). The van der Waals surface area contributed by atoms with E-state index in [-0.39, 0.29) is 5.91 Å². The monoisotopic (exact) mass is 451 g/mol. The van der Waals surface area contributed by atoms with Crippen molar-refractivity contribution in [2.45, 2.75) is 46.1 Å². The molecule has 0 aromatic heterocycles. The van der Waals surface area contributed by atoms with Crippen LogP contribution < -0.4 is 9.64 Å². The SMILES string of the molecule is Cc1c(C)c2c(c(C)c1O)CCC(C)(C(=O)N(c1ccccc1)c1cccc3ccccc13)O2. The molecular weight excluding hydrogens is 422 g/mol. The van der Waals surface area contributed by atoms with Gasteiger partial charge in [0.1, 0.15) is 11.5 Å². The summed E-state index contributed by atoms with van der Waals surface area (Å²) in [5.74, 6) is 0.931. The fraction of sp³-hybridized carbons (Fsp3) is 0.233. The first kappa shape index (κ1) is 22.0. The molecule has 1 amide bonds. The average molecular weight is 452 g/mol. The summed E-state index contributed by atoms with van der Waals surface area (Å²) in [6.45, 7) is 7.64. The number of nitrogens with zero attached hydrogens (tertiary/aromatic N) is 1. The van der Waals surface area contributed by atoms with Crippen molar-refractivity contribution in [3.05, 3.63) is 95.1 Å². The molecule has 4 heteroatoms. The van der Waals surface area contributed by atoms with E-state index in [1.54, 1.807) is 4.90 Å². The summed E-state index contributed by atoms with van der Waals surface area (Å²) < 4.78 is 6.56. The van der Waals surface area contributed by atoms with E-state index in [9.17, 15) is 9.90 Å². The van der Waals surface area contributed by atoms with E-state index < -0.39 is 5.60 Å². The fourth-order valence-corrected chi connectivity index (χ4v) is 4.98. The number of rotatable bonds is 3. The van der Waals surface area contributed by atoms with Gasteiger partial charge in [-0.1, -0.05) is 54.6 Å². The van der Waals surface area contributed by atoms with E-state index in [1.165, 1.54) is 0 Å². The molecule has 4 nitrogen and oxygen atoms in total. The second-order valence-corrected chi connectivity index (χ2v) is 9.34. The summed E-state index contributed by atoms with van der Waals surface area (Å²) in [4.78, 5) is 16.2. The largest absolute Gasteiger partial charge is 0.507 e. The molecule has 0 saturated heterocycles. The Bertz CT molecular complexity index is 1400. The molecule has 1 atom stereocenters. The van der Waals surface area contributed by atoms with E-state index >= 15 is 0 Å². The van der Waals surface area contributed by atoms with Crippen LogP contribution in [0.2, 0.25) is 0 Å². The number of carbonyl (C=O) groups excluding carboxylic acids is 1. The number of hydrogen-bond acceptors (Lipinski definition) is 3. The number of aromatic hydroxyl groups is 1. The van der Waals surface area contributed by atoms with Crippen LogP contribution >= 0.6 is 0 Å². The molecule has 4 aromatic carbocycles. The molecule has 34 heavy (non-hydrogen) atoms. The third kappa shape index (κ3) is 3.41. The standard InChI is InChI=1S/C30H29NO3/c1-19-20(2)28-24(21(3)27(19)32)17-18-30(4,34-28)29(33)31(23-13-6-5-7-14-23)26-16-10-12-22-11-8-9-15-25(22)26/h5-16,32H,17-18H2,1-4H3. The maximum absolute atomic E-state index is 14.4. The van der Waals surface area contributed by atoms with E-state index in [4.69, 9.17) is 4.74 Å². The predicted molar refractivity (Wildman–Crippen MR) is 137 cm³/mol. The molecule has 0 fully saturated rings. The van der Waals surface area contributed by atoms with Crippen molar-refractivity contribution < 1.29 is 14.6 Å². The van der Waals surface area contributed by atoms with Gasteiger partial charge in [-0.25, -0.2) is 0 Å². The van der Waals surface area contributed by atoms with Crippen LogP contribution in [0.1, 0.15) is 35.6 Å². The number of fused-ring (bicyclic) bond motifs is 2. The van der Waals surface area contributed by atoms with Gasteiger partial charge in [0.15, 0.2) is 5.60 Å². The minimum atomic E-state index is -1.06. The number of phenolic OH excluding ortho intramolecular Hbond substituents is 1. The Labute approximate surface area is 200 Å². The highest BCUT2D eigenvalue weighted by Gasteiger charge is 2.44. The van der Waals surface area contributed by atoms with Crippen molar-refractivity contribution >= 4 is 28.1 Å². The highest BCUT2D eigenvalue weighted by atomic mass is 16.5. The van der Waals surface area contributed by atoms with Gasteiger partial charge in [-0.3, -0.25) is 9.69 Å². The summed E-state index contributed by atoms with van der Waals surface area (Å²) in [5.41, 5.74) is 4.08. The molecule has 1 aliphatic rings. The van der Waals surface area contributed by atoms with Gasteiger partial charge in [0.05, 0.1) is 5.69 Å². The molecule has 172 valence electrons. The zero-order valence-electron chi connectivity index (χ0n) is 20.1. The van der Waals surface area contributed by atoms with Crippen LogP contribution in [0, 0.1) is 20.8 Å². The van der Waals surface area contributed by atoms with Crippen molar-refractivity contribution in [2.24, 2.45) is 0 Å². The Hall–Kier alpha value is -3.79. The minimum Gasteiger partial charge on any atom is -0.507 e. The number of benzene rings is 4. The van der Waals surface area contributed by atoms with E-state index in [0.717, 1.165) is 50.2 Å². The first-order valence-corrected chi connectivity index (χ1v) is 11.7. The maximum Gasteiger partial charge on any atom is 0.275 e. The molecule has 4 aromatic rings. The lowest BCUT2D eigenvalue weighted by molar-refractivity contribution is -0.133. The summed E-state index contributed by atoms with van der Waals surface area (Å²) in [5, 5.41) is 12.6. The van der Waals surface area contributed by atoms with Crippen LogP contribution in [0.5, 0.6) is 11.5 Å². The number of hydrogen-bond donors (Lipinski definition) is 1. The molecule has 0 radical (unpaired) electrons. The second kappa shape index (κ2) is 8.21. The average Bonchev–Trinajstić information content (AvgIpc) is 2.87. The molecule has 1 N–H and O–H groups in total. The van der Waals surface area contributed by atoms with Crippen molar-refractivity contribution in [1.82, 2.24) is 0 Å². The molecule has 1 heterocycles. The fourth-order valence-electron chi connectivity index (χ4n) is 4.98. The Morgan fingerprint density at radius 3 is 2.32 bits per heavy atom. The maximum atomic E-state index is 14.4. The van der Waals surface area contributed by atoms with Gasteiger partial charge < -0.3 is 9.84 Å². The second-order valence-electron chi connectivity index (χ2n) is 9.34. The highest BCUT2D eigenvalue weighted by molar-refractivity contribution is 6.11. The van der Waals surface area contributed by atoms with Gasteiger partial charge in [-0.15, -0.1) is 0 Å². The smallest absolute Gasteiger partial charge is 0.275 e. The van der Waals surface area contributed by atoms with Gasteiger partial charge in [-0.2, -0.15) is 0 Å². The van der Waals surface area contributed by atoms with Crippen molar-refractivity contribution in [1.29, 1.82) is 0 Å². The number of amides is 1. The van der Waals surface area contributed by atoms with Crippen LogP contribution in [0.15, 0.2) is 72.8 Å². The highest BCUT2D eigenvalue weighted by Crippen LogP contribution is 2.45. The summed E-state index contributed by atoms with van der Waals surface area (Å²) in [6, 6.07) is 23.9. The normalized spacial score (nSPS) is 17.2. The van der Waals surface area contributed by atoms with Gasteiger partial charge in [0.25, 0.3) is 5.91 Å². The molecule has 1 unspecified atom stereocenters. The van der Waals surface area contributed by atoms with Crippen LogP contribution in [0.25, 0.3) is 10.8 Å². The number of anilines is 2. The van der Waals surface area contributed by atoms with Crippen molar-refractivity contribution in [3.63, 3.8) is 0 Å². The number of para-hydroxylation sites is 1. The van der Waals surface area contributed by atoms with Gasteiger partial charge in [0, 0.05) is 23.1 Å². The molecule has 0 aliphatic carbocycles. The topological polar surface area (TPSA) is 49.8 Å². The van der Waals surface area contributed by atoms with E-state index in [2.05, 4.69) is 12.1 Å².